The zero-order valence-electron chi connectivity index (χ0n) is 11.9. The van der Waals surface area contributed by atoms with Crippen molar-refractivity contribution in [3.05, 3.63) is 0 Å². The van der Waals surface area contributed by atoms with Crippen molar-refractivity contribution >= 4 is 10.1 Å². The molecule has 0 fully saturated rings. The molecule has 0 aliphatic rings. The number of rotatable bonds is 11. The lowest BCUT2D eigenvalue weighted by Crippen LogP contribution is -2.03. The van der Waals surface area contributed by atoms with Gasteiger partial charge in [0.15, 0.2) is 0 Å². The van der Waals surface area contributed by atoms with Crippen LogP contribution in [0.2, 0.25) is 0 Å². The van der Waals surface area contributed by atoms with Gasteiger partial charge in [0.05, 0.1) is 5.75 Å². The molecule has 0 aromatic rings. The van der Waals surface area contributed by atoms with E-state index in [4.69, 9.17) is 4.55 Å². The molecule has 0 heterocycles. The van der Waals surface area contributed by atoms with Gasteiger partial charge >= 0.3 is 0 Å². The van der Waals surface area contributed by atoms with Gasteiger partial charge in [0.25, 0.3) is 10.1 Å². The third-order valence-corrected chi connectivity index (χ3v) is 3.56. The molecule has 0 rings (SSSR count). The number of hydrogen-bond donors (Lipinski definition) is 3. The van der Waals surface area contributed by atoms with Gasteiger partial charge in [-0.25, -0.2) is 0 Å². The van der Waals surface area contributed by atoms with Gasteiger partial charge in [-0.15, -0.1) is 0 Å². The second-order valence-corrected chi connectivity index (χ2v) is 6.04. The first-order valence-corrected chi connectivity index (χ1v) is 8.12. The van der Waals surface area contributed by atoms with Crippen molar-refractivity contribution in [1.29, 1.82) is 0 Å². The highest BCUT2D eigenvalue weighted by atomic mass is 32.2. The predicted molar refractivity (Wildman–Crippen MR) is 78.3 cm³/mol. The van der Waals surface area contributed by atoms with Crippen molar-refractivity contribution in [3.63, 3.8) is 0 Å². The molecule has 7 N–H and O–H groups in total. The summed E-state index contributed by atoms with van der Waals surface area (Å²) in [5.74, 6) is -0.0799. The van der Waals surface area contributed by atoms with Gasteiger partial charge in [-0.3, -0.25) is 4.55 Å². The summed E-state index contributed by atoms with van der Waals surface area (Å²) in [6, 6.07) is 0. The normalized spacial score (nSPS) is 10.6. The zero-order valence-corrected chi connectivity index (χ0v) is 12.7. The molecule has 6 heteroatoms. The van der Waals surface area contributed by atoms with Crippen LogP contribution in [0, 0.1) is 0 Å². The summed E-state index contributed by atoms with van der Waals surface area (Å²) >= 11 is 0. The number of hydrogen-bond acceptors (Lipinski definition) is 4. The Labute approximate surface area is 113 Å². The lowest BCUT2D eigenvalue weighted by atomic mass is 10.1. The van der Waals surface area contributed by atoms with Crippen LogP contribution in [-0.4, -0.2) is 18.7 Å². The monoisotopic (exact) mass is 284 g/mol. The smallest absolute Gasteiger partial charge is 0.264 e. The fourth-order valence-electron chi connectivity index (χ4n) is 1.77. The van der Waals surface area contributed by atoms with E-state index in [2.05, 4.69) is 6.92 Å². The molecular formula is C12H32N2O3S. The fourth-order valence-corrected chi connectivity index (χ4v) is 2.34. The van der Waals surface area contributed by atoms with Crippen molar-refractivity contribution in [1.82, 2.24) is 12.3 Å². The molecule has 5 nitrogen and oxygen atoms in total. The largest absolute Gasteiger partial charge is 0.344 e. The lowest BCUT2D eigenvalue weighted by molar-refractivity contribution is 0.478. The maximum absolute atomic E-state index is 10.4. The van der Waals surface area contributed by atoms with Crippen molar-refractivity contribution in [2.45, 2.75) is 71.1 Å². The molecule has 0 saturated heterocycles. The van der Waals surface area contributed by atoms with Gasteiger partial charge < -0.3 is 12.3 Å². The molecule has 0 aliphatic carbocycles. The standard InChI is InChI=1S/C12H26O3S.2H3N/c1-2-3-4-5-6-7-8-9-10-11-12-16(13,14)15;;/h2-12H2,1H3,(H,13,14,15);2*1H3. The van der Waals surface area contributed by atoms with E-state index in [1.807, 2.05) is 0 Å². The van der Waals surface area contributed by atoms with Crippen LogP contribution in [0.25, 0.3) is 0 Å². The molecule has 0 bridgehead atoms. The molecule has 0 amide bonds. The minimum absolute atomic E-state index is 0. The minimum Gasteiger partial charge on any atom is -0.344 e. The Kier molecular flexibility index (Phi) is 19.0. The summed E-state index contributed by atoms with van der Waals surface area (Å²) in [4.78, 5) is 0. The van der Waals surface area contributed by atoms with E-state index in [9.17, 15) is 8.42 Å². The van der Waals surface area contributed by atoms with E-state index in [1.54, 1.807) is 0 Å². The van der Waals surface area contributed by atoms with Crippen molar-refractivity contribution < 1.29 is 13.0 Å². The Hall–Kier alpha value is -0.170. The van der Waals surface area contributed by atoms with Crippen LogP contribution >= 0.6 is 0 Å². The molecule has 0 spiro atoms. The van der Waals surface area contributed by atoms with Crippen LogP contribution in [-0.2, 0) is 10.1 Å². The first-order chi connectivity index (χ1) is 7.56. The third-order valence-electron chi connectivity index (χ3n) is 2.76. The summed E-state index contributed by atoms with van der Waals surface area (Å²) in [6.45, 7) is 2.22. The summed E-state index contributed by atoms with van der Waals surface area (Å²) in [7, 11) is -3.73. The molecule has 114 valence electrons. The summed E-state index contributed by atoms with van der Waals surface area (Å²) < 4.78 is 29.4. The van der Waals surface area contributed by atoms with E-state index in [0.717, 1.165) is 12.8 Å². The second-order valence-electron chi connectivity index (χ2n) is 4.47. The first kappa shape index (κ1) is 23.0. The Morgan fingerprint density at radius 3 is 1.39 bits per heavy atom. The molecule has 0 radical (unpaired) electrons. The highest BCUT2D eigenvalue weighted by Crippen LogP contribution is 2.10. The first-order valence-electron chi connectivity index (χ1n) is 6.51. The molecule has 0 aliphatic heterocycles. The molecule has 0 saturated carbocycles. The van der Waals surface area contributed by atoms with Crippen LogP contribution in [0.1, 0.15) is 71.1 Å². The van der Waals surface area contributed by atoms with E-state index in [1.165, 1.54) is 44.9 Å². The quantitative estimate of drug-likeness (QED) is 0.389. The molecule has 0 aromatic carbocycles. The van der Waals surface area contributed by atoms with E-state index < -0.39 is 10.1 Å². The second kappa shape index (κ2) is 14.9. The Morgan fingerprint density at radius 2 is 1.06 bits per heavy atom. The van der Waals surface area contributed by atoms with Gasteiger partial charge in [0.1, 0.15) is 0 Å². The molecule has 0 aromatic heterocycles. The predicted octanol–water partition coefficient (Wildman–Crippen LogP) is 4.12. The summed E-state index contributed by atoms with van der Waals surface area (Å²) in [6.07, 6.45) is 11.7. The van der Waals surface area contributed by atoms with Gasteiger partial charge in [0, 0.05) is 0 Å². The van der Waals surface area contributed by atoms with Gasteiger partial charge in [-0.1, -0.05) is 64.7 Å². The minimum atomic E-state index is -3.73. The fraction of sp³-hybridized carbons (Fsp3) is 1.00. The van der Waals surface area contributed by atoms with Crippen molar-refractivity contribution in [3.8, 4) is 0 Å². The maximum atomic E-state index is 10.4. The average Bonchev–Trinajstić information content (AvgIpc) is 2.19. The number of unbranched alkanes of at least 4 members (excludes halogenated alkanes) is 9. The molecule has 18 heavy (non-hydrogen) atoms. The van der Waals surface area contributed by atoms with Crippen LogP contribution in [0.4, 0.5) is 0 Å². The van der Waals surface area contributed by atoms with E-state index in [-0.39, 0.29) is 18.1 Å². The van der Waals surface area contributed by atoms with Gasteiger partial charge in [-0.05, 0) is 6.42 Å². The van der Waals surface area contributed by atoms with Crippen LogP contribution < -0.4 is 12.3 Å². The topological polar surface area (TPSA) is 124 Å². The highest BCUT2D eigenvalue weighted by Gasteiger charge is 2.02. The van der Waals surface area contributed by atoms with Crippen molar-refractivity contribution in [2.24, 2.45) is 0 Å². The average molecular weight is 284 g/mol. The molecule has 0 atom stereocenters. The van der Waals surface area contributed by atoms with Crippen LogP contribution in [0.15, 0.2) is 0 Å². The highest BCUT2D eigenvalue weighted by molar-refractivity contribution is 7.85. The van der Waals surface area contributed by atoms with E-state index in [0.29, 0.717) is 6.42 Å². The Morgan fingerprint density at radius 1 is 0.722 bits per heavy atom. The van der Waals surface area contributed by atoms with Crippen molar-refractivity contribution in [2.75, 3.05) is 5.75 Å². The lowest BCUT2D eigenvalue weighted by Gasteiger charge is -2.01. The van der Waals surface area contributed by atoms with E-state index >= 15 is 0 Å². The molecular weight excluding hydrogens is 252 g/mol. The maximum Gasteiger partial charge on any atom is 0.264 e. The van der Waals surface area contributed by atoms with Crippen LogP contribution in [0.5, 0.6) is 0 Å². The third kappa shape index (κ3) is 21.1. The SMILES string of the molecule is CCCCCCCCCCCCS(=O)(=O)O.N.N. The molecule has 0 unspecified atom stereocenters. The summed E-state index contributed by atoms with van der Waals surface area (Å²) in [5, 5.41) is 0. The Bertz CT molecular complexity index is 244. The summed E-state index contributed by atoms with van der Waals surface area (Å²) in [5.41, 5.74) is 0. The zero-order chi connectivity index (χ0) is 12.3. The van der Waals surface area contributed by atoms with Crippen LogP contribution in [0.3, 0.4) is 0 Å². The van der Waals surface area contributed by atoms with Gasteiger partial charge in [0.2, 0.25) is 0 Å². The Balaban J connectivity index is -0.00000112. The van der Waals surface area contributed by atoms with Gasteiger partial charge in [-0.2, -0.15) is 8.42 Å².